The van der Waals surface area contributed by atoms with Crippen LogP contribution in [0.2, 0.25) is 0 Å². The van der Waals surface area contributed by atoms with E-state index in [2.05, 4.69) is 5.92 Å². The Hall–Kier alpha value is -0.800. The molecule has 0 heterocycles. The lowest BCUT2D eigenvalue weighted by Crippen LogP contribution is -2.12. The third-order valence-electron chi connectivity index (χ3n) is 3.07. The van der Waals surface area contributed by atoms with Gasteiger partial charge in [-0.2, -0.15) is 13.2 Å². The summed E-state index contributed by atoms with van der Waals surface area (Å²) in [5.74, 6) is 2.74. The van der Waals surface area contributed by atoms with Gasteiger partial charge in [0.15, 0.2) is 11.1 Å². The molecule has 0 spiro atoms. The van der Waals surface area contributed by atoms with Gasteiger partial charge < -0.3 is 4.55 Å². The maximum atomic E-state index is 12.1. The molecule has 1 N–H and O–H groups in total. The number of alkyl halides is 3. The Balaban J connectivity index is 2.73. The summed E-state index contributed by atoms with van der Waals surface area (Å²) >= 11 is -2.32. The van der Waals surface area contributed by atoms with Crippen LogP contribution in [0.5, 0.6) is 0 Å². The van der Waals surface area contributed by atoms with E-state index in [0.29, 0.717) is 31.3 Å². The van der Waals surface area contributed by atoms with Crippen LogP contribution in [0, 0.1) is 18.3 Å². The van der Waals surface area contributed by atoms with Gasteiger partial charge in [-0.15, -0.1) is 12.3 Å². The van der Waals surface area contributed by atoms with Crippen molar-refractivity contribution in [1.82, 2.24) is 0 Å². The van der Waals surface area contributed by atoms with E-state index in [9.17, 15) is 17.4 Å². The molecule has 6 heteroatoms. The van der Waals surface area contributed by atoms with Gasteiger partial charge in [0.05, 0.1) is 0 Å². The summed E-state index contributed by atoms with van der Waals surface area (Å²) in [6.45, 7) is 0. The van der Waals surface area contributed by atoms with E-state index in [1.807, 2.05) is 0 Å². The first-order valence-electron chi connectivity index (χ1n) is 5.68. The number of terminal acetylenes is 1. The van der Waals surface area contributed by atoms with Gasteiger partial charge in [-0.1, -0.05) is 5.57 Å². The van der Waals surface area contributed by atoms with Crippen molar-refractivity contribution in [3.8, 4) is 12.3 Å². The van der Waals surface area contributed by atoms with E-state index >= 15 is 0 Å². The summed E-state index contributed by atoms with van der Waals surface area (Å²) in [6, 6.07) is 0. The molecular weight excluding hydrogens is 265 g/mol. The normalized spacial score (nSPS) is 22.4. The molecule has 0 bridgehead atoms. The molecule has 1 rings (SSSR count). The second-order valence-electron chi connectivity index (χ2n) is 4.33. The Labute approximate surface area is 107 Å². The number of rotatable bonds is 3. The van der Waals surface area contributed by atoms with Gasteiger partial charge in [0.25, 0.3) is 0 Å². The van der Waals surface area contributed by atoms with Gasteiger partial charge in [0.1, 0.15) is 0 Å². The van der Waals surface area contributed by atoms with Crippen LogP contribution in [-0.4, -0.2) is 14.9 Å². The maximum absolute atomic E-state index is 12.1. The topological polar surface area (TPSA) is 37.3 Å². The van der Waals surface area contributed by atoms with Crippen LogP contribution in [0.1, 0.15) is 38.5 Å². The number of hydrogen-bond acceptors (Lipinski definition) is 1. The SMILES string of the molecule is C#CC1CCC(=C(CCC(F)(F)F)S(=O)O)CC1. The molecule has 1 fully saturated rings. The lowest BCUT2D eigenvalue weighted by atomic mass is 9.86. The van der Waals surface area contributed by atoms with E-state index < -0.39 is 30.1 Å². The van der Waals surface area contributed by atoms with Crippen molar-refractivity contribution in [3.63, 3.8) is 0 Å². The molecule has 2 nitrogen and oxygen atoms in total. The minimum atomic E-state index is -4.30. The first-order chi connectivity index (χ1) is 8.33. The summed E-state index contributed by atoms with van der Waals surface area (Å²) in [5, 5.41) is 0. The highest BCUT2D eigenvalue weighted by atomic mass is 32.2. The minimum absolute atomic E-state index is 0.0304. The number of halogens is 3. The van der Waals surface area contributed by atoms with Crippen LogP contribution in [0.3, 0.4) is 0 Å². The molecule has 1 aliphatic rings. The Kier molecular flexibility index (Phi) is 5.42. The Morgan fingerprint density at radius 3 is 2.39 bits per heavy atom. The van der Waals surface area contributed by atoms with Crippen LogP contribution in [0.4, 0.5) is 13.2 Å². The predicted octanol–water partition coefficient (Wildman–Crippen LogP) is 3.63. The van der Waals surface area contributed by atoms with E-state index in [4.69, 9.17) is 11.0 Å². The molecule has 0 aliphatic heterocycles. The first-order valence-corrected chi connectivity index (χ1v) is 6.79. The maximum Gasteiger partial charge on any atom is 0.389 e. The largest absolute Gasteiger partial charge is 0.389 e. The van der Waals surface area contributed by atoms with Gasteiger partial charge in [0.2, 0.25) is 0 Å². The van der Waals surface area contributed by atoms with E-state index in [1.54, 1.807) is 0 Å². The highest BCUT2D eigenvalue weighted by Gasteiger charge is 2.29. The average molecular weight is 280 g/mol. The summed E-state index contributed by atoms with van der Waals surface area (Å²) in [6.07, 6.45) is 1.92. The summed E-state index contributed by atoms with van der Waals surface area (Å²) in [4.78, 5) is 0.0304. The minimum Gasteiger partial charge on any atom is -0.302 e. The van der Waals surface area contributed by atoms with E-state index in [-0.39, 0.29) is 10.8 Å². The van der Waals surface area contributed by atoms with E-state index in [1.165, 1.54) is 0 Å². The van der Waals surface area contributed by atoms with Gasteiger partial charge in [-0.25, -0.2) is 4.21 Å². The lowest BCUT2D eigenvalue weighted by Gasteiger charge is -2.22. The van der Waals surface area contributed by atoms with Crippen LogP contribution >= 0.6 is 0 Å². The van der Waals surface area contributed by atoms with Crippen molar-refractivity contribution in [2.24, 2.45) is 5.92 Å². The van der Waals surface area contributed by atoms with Crippen LogP contribution in [-0.2, 0) is 11.1 Å². The molecule has 0 aromatic rings. The monoisotopic (exact) mass is 280 g/mol. The molecule has 1 saturated carbocycles. The standard InChI is InChI=1S/C12H15F3O2S/c1-2-9-3-5-10(6-4-9)11(18(16)17)7-8-12(13,14)15/h1,9H,3-8H2,(H,16,17). The Bertz CT molecular complexity index is 383. The van der Waals surface area contributed by atoms with Crippen molar-refractivity contribution in [3.05, 3.63) is 10.5 Å². The van der Waals surface area contributed by atoms with Crippen molar-refractivity contribution in [1.29, 1.82) is 0 Å². The Morgan fingerprint density at radius 1 is 1.44 bits per heavy atom. The van der Waals surface area contributed by atoms with Gasteiger partial charge in [0, 0.05) is 17.2 Å². The summed E-state index contributed by atoms with van der Waals surface area (Å²) < 4.78 is 56.6. The number of hydrogen-bond donors (Lipinski definition) is 1. The highest BCUT2D eigenvalue weighted by Crippen LogP contribution is 2.34. The van der Waals surface area contributed by atoms with Crippen LogP contribution in [0.15, 0.2) is 10.5 Å². The fourth-order valence-electron chi connectivity index (χ4n) is 2.05. The predicted molar refractivity (Wildman–Crippen MR) is 63.9 cm³/mol. The molecule has 18 heavy (non-hydrogen) atoms. The molecule has 1 unspecified atom stereocenters. The van der Waals surface area contributed by atoms with Crippen molar-refractivity contribution >= 4 is 11.1 Å². The second kappa shape index (κ2) is 6.39. The van der Waals surface area contributed by atoms with Crippen LogP contribution in [0.25, 0.3) is 0 Å². The molecule has 0 radical (unpaired) electrons. The molecular formula is C12H15F3O2S. The van der Waals surface area contributed by atoms with Gasteiger partial charge >= 0.3 is 6.18 Å². The molecule has 0 saturated heterocycles. The zero-order chi connectivity index (χ0) is 13.8. The molecule has 1 atom stereocenters. The zero-order valence-corrected chi connectivity index (χ0v) is 10.6. The van der Waals surface area contributed by atoms with E-state index in [0.717, 1.165) is 0 Å². The third-order valence-corrected chi connectivity index (χ3v) is 3.98. The third kappa shape index (κ3) is 4.83. The summed E-state index contributed by atoms with van der Waals surface area (Å²) in [5.41, 5.74) is 0.673. The smallest absolute Gasteiger partial charge is 0.302 e. The first kappa shape index (κ1) is 15.3. The zero-order valence-electron chi connectivity index (χ0n) is 9.79. The molecule has 0 amide bonds. The highest BCUT2D eigenvalue weighted by molar-refractivity contribution is 7.83. The van der Waals surface area contributed by atoms with Crippen molar-refractivity contribution in [2.75, 3.05) is 0 Å². The van der Waals surface area contributed by atoms with Crippen LogP contribution < -0.4 is 0 Å². The lowest BCUT2D eigenvalue weighted by molar-refractivity contribution is -0.133. The molecule has 0 aromatic carbocycles. The van der Waals surface area contributed by atoms with Crippen molar-refractivity contribution in [2.45, 2.75) is 44.7 Å². The second-order valence-corrected chi connectivity index (χ2v) is 5.32. The molecule has 1 aliphatic carbocycles. The molecule has 0 aromatic heterocycles. The quantitative estimate of drug-likeness (QED) is 0.633. The number of allylic oxidation sites excluding steroid dienone is 2. The fourth-order valence-corrected chi connectivity index (χ4v) is 2.78. The van der Waals surface area contributed by atoms with Gasteiger partial charge in [-0.05, 0) is 32.1 Å². The van der Waals surface area contributed by atoms with Crippen molar-refractivity contribution < 1.29 is 21.9 Å². The average Bonchev–Trinajstić information content (AvgIpc) is 2.28. The fraction of sp³-hybridized carbons (Fsp3) is 0.667. The summed E-state index contributed by atoms with van der Waals surface area (Å²) in [7, 11) is 0. The molecule has 102 valence electrons. The van der Waals surface area contributed by atoms with Gasteiger partial charge in [-0.3, -0.25) is 0 Å². The Morgan fingerprint density at radius 2 is 2.00 bits per heavy atom.